The van der Waals surface area contributed by atoms with Crippen molar-refractivity contribution < 1.29 is 287 Å². The zero-order valence-corrected chi connectivity index (χ0v) is 76.4. The topological polar surface area (TPSA) is 984 Å². The number of carbonyl (C=O) groups is 6. The molecule has 11 heterocycles. The highest BCUT2D eigenvalue weighted by atomic mass is 16.8. The van der Waals surface area contributed by atoms with Gasteiger partial charge in [-0.1, -0.05) is 0 Å². The maximum Gasteiger partial charge on any atom is 0.364 e. The molecule has 36 N–H and O–H groups in total. The number of aliphatic hydroxyl groups is 30. The Morgan fingerprint density at radius 1 is 0.303 bits per heavy atom. The van der Waals surface area contributed by atoms with Crippen LogP contribution in [0.25, 0.3) is 0 Å². The number of ether oxygens (including phenoxy) is 21. The zero-order chi connectivity index (χ0) is 105. The van der Waals surface area contributed by atoms with E-state index >= 15 is 0 Å². The molecule has 11 saturated heterocycles. The van der Waals surface area contributed by atoms with Gasteiger partial charge in [0.05, 0.1) is 84.3 Å². The first kappa shape index (κ1) is 117. The van der Waals surface area contributed by atoms with E-state index in [-0.39, 0.29) is 0 Å². The van der Waals surface area contributed by atoms with Crippen LogP contribution >= 0.6 is 0 Å². The van der Waals surface area contributed by atoms with Crippen molar-refractivity contribution in [1.29, 1.82) is 0 Å². The van der Waals surface area contributed by atoms with Crippen molar-refractivity contribution in [1.82, 2.24) is 26.6 Å². The molecule has 11 fully saturated rings. The monoisotopic (exact) mass is 2080 g/mol. The third-order valence-electron chi connectivity index (χ3n) is 25.9. The van der Waals surface area contributed by atoms with E-state index in [1.165, 1.54) is 6.92 Å². The van der Waals surface area contributed by atoms with Gasteiger partial charge in [0, 0.05) is 41.0 Å². The van der Waals surface area contributed by atoms with Crippen LogP contribution in [0.4, 0.5) is 0 Å². The maximum absolute atomic E-state index is 13.4. The van der Waals surface area contributed by atoms with Crippen molar-refractivity contribution >= 4 is 35.5 Å². The lowest BCUT2D eigenvalue weighted by Gasteiger charge is -2.51. The van der Waals surface area contributed by atoms with Crippen LogP contribution in [0, 0.1) is 0 Å². The second kappa shape index (κ2) is 50.6. The smallest absolute Gasteiger partial charge is 0.364 e. The molecule has 0 saturated carbocycles. The van der Waals surface area contributed by atoms with Crippen LogP contribution in [-0.2, 0) is 128 Å². The van der Waals surface area contributed by atoms with Gasteiger partial charge in [0.1, 0.15) is 256 Å². The van der Waals surface area contributed by atoms with E-state index < -0.39 is 451 Å². The summed E-state index contributed by atoms with van der Waals surface area (Å²) >= 11 is 0. The molecule has 11 aliphatic rings. The standard InChI is InChI=1S/C79H131N5O58/c1-18-40(99)52(111)56(115)72(125-18)123-16-34-62(49(108)36(68(119)126-34)81-20(3)93)136-70-38(83-22(5)95)51(110)61(31(14-91)131-70)137-75-59(118)65(47(106)32(134-75)15-122-73-58(117)64(46(105)29(12-89)127-73)138-77-67(55(114)44(103)28(11-88)130-77)141-74-57(116)53(112)42(101)26(9-86)128-74)139-76-66(54(113)43(102)27(10-87)129-76)140-71-39(84-23(6)96)50(109)60(30(13-90)132-71)135-69-37(82-21(4)94)48(107)45(104)33(133-69)17-124-79(78(120)121)7-24(97)35(80-19(2)92)63(142-79)41(100)25(98)8-85/h18,24-77,85-91,97-119H,7-17H2,1-6H3,(H,80,92)(H,81,93)(H,82,94)(H,83,95)(H,84,96)(H,120,121)/t18-,24-,25+,26+,27+,28+,29+,30+,31+,32+,33+,34+,35+,36+,37+,38+,39+,40+,41+,42+,43+,44+,45-,46+,47+,48+,49+,50+,51+,52+,53-,54-,55-,56-,57-,58-,59-,60+,61+,62+,63+,64-,65-,66-,67-,68?,69-,70-,71-,72+,73-,74+,75-,76+,77+,79+/m0/s1. The van der Waals surface area contributed by atoms with E-state index in [1.807, 2.05) is 0 Å². The summed E-state index contributed by atoms with van der Waals surface area (Å²) < 4.78 is 125. The average molecular weight is 2080 g/mol. The summed E-state index contributed by atoms with van der Waals surface area (Å²) in [5, 5.41) is 360. The molecule has 5 amide bonds. The SMILES string of the molecule is CC(=O)N[C@H]1[C@H](O[C@H]2[C@H](O)[C@@H](NC(C)=O)C(O)O[C@@H]2CO[C@@H]2O[C@@H](C)[C@@H](O)[C@@H](O)[C@@H]2O)O[C@H](CO)[C@@H](O[C@@H]2O[C@H](CO[C@H]3O[C@H](CO)[C@@H](O)[C@H](O[C@H]4O[C@H](CO)[C@@H](O)[C@H](O)[C@@H]4O[C@H]4O[C@H](CO)[C@@H](O)[C@H](O)[C@@H]4O)[C@@H]3O)[C@@H](O)[C@H](O[C@H]3O[C@H](CO)[C@@H](O)[C@H](O)[C@@H]3O[C@@H]3O[C@H](CO)[C@@H](O[C@@H]4O[C@H](CO[C@]5(C(=O)O)C[C@H](O)[C@@H](NC(C)=O)[C@H]([C@H](O)[C@H](O)CO)O5)[C@H](O)[C@H](O)[C@H]4NC(C)=O)[C@H](O)[C@H]3NC(C)=O)[C@@H]2O)[C@@H]1O. The van der Waals surface area contributed by atoms with Gasteiger partial charge in [0.2, 0.25) is 29.5 Å². The number of carboxylic acids is 1. The molecule has 0 spiro atoms. The van der Waals surface area contributed by atoms with E-state index in [0.29, 0.717) is 0 Å². The largest absolute Gasteiger partial charge is 0.477 e. The Morgan fingerprint density at radius 2 is 0.620 bits per heavy atom. The zero-order valence-electron chi connectivity index (χ0n) is 76.4. The van der Waals surface area contributed by atoms with E-state index in [1.54, 1.807) is 0 Å². The third kappa shape index (κ3) is 26.0. The molecule has 11 aliphatic heterocycles. The first-order valence-corrected chi connectivity index (χ1v) is 45.1. The highest BCUT2D eigenvalue weighted by molar-refractivity contribution is 5.77. The van der Waals surface area contributed by atoms with E-state index in [0.717, 1.165) is 34.6 Å². The van der Waals surface area contributed by atoms with Gasteiger partial charge in [-0.15, -0.1) is 0 Å². The molecule has 0 bridgehead atoms. The van der Waals surface area contributed by atoms with E-state index in [4.69, 9.17) is 99.5 Å². The summed E-state index contributed by atoms with van der Waals surface area (Å²) in [6, 6.07) is -9.72. The molecular formula is C79H131N5O58. The number of carboxylic acid groups (broad SMARTS) is 1. The van der Waals surface area contributed by atoms with Gasteiger partial charge in [0.15, 0.2) is 62.9 Å². The highest BCUT2D eigenvalue weighted by Crippen LogP contribution is 2.43. The second-order valence-corrected chi connectivity index (χ2v) is 36.0. The van der Waals surface area contributed by atoms with Crippen LogP contribution < -0.4 is 26.6 Å². The van der Waals surface area contributed by atoms with Crippen molar-refractivity contribution in [2.24, 2.45) is 0 Å². The van der Waals surface area contributed by atoms with E-state index in [9.17, 15) is 187 Å². The summed E-state index contributed by atoms with van der Waals surface area (Å²) in [6.07, 6.45) is -110. The first-order chi connectivity index (χ1) is 66.9. The molecule has 0 radical (unpaired) electrons. The molecule has 11 rings (SSSR count). The Kier molecular flexibility index (Phi) is 41.7. The molecule has 820 valence electrons. The summed E-state index contributed by atoms with van der Waals surface area (Å²) in [5.41, 5.74) is 0. The van der Waals surface area contributed by atoms with Gasteiger partial charge < -0.3 is 284 Å². The average Bonchev–Trinajstić information content (AvgIpc) is 0.769. The fourth-order valence-electron chi connectivity index (χ4n) is 18.3. The van der Waals surface area contributed by atoms with Gasteiger partial charge in [-0.25, -0.2) is 4.79 Å². The van der Waals surface area contributed by atoms with Crippen LogP contribution in [-0.4, -0.2) is 603 Å². The number of nitrogens with one attached hydrogen (secondary N) is 5. The summed E-state index contributed by atoms with van der Waals surface area (Å²) in [7, 11) is 0. The van der Waals surface area contributed by atoms with Crippen molar-refractivity contribution in [2.45, 2.75) is 391 Å². The van der Waals surface area contributed by atoms with Gasteiger partial charge in [-0.05, 0) is 6.92 Å². The predicted molar refractivity (Wildman–Crippen MR) is 436 cm³/mol. The summed E-state index contributed by atoms with van der Waals surface area (Å²) in [5.74, 6) is -10.0. The normalized spacial score (nSPS) is 48.0. The fraction of sp³-hybridized carbons (Fsp3) is 0.924. The predicted octanol–water partition coefficient (Wildman–Crippen LogP) is -24.0. The van der Waals surface area contributed by atoms with Gasteiger partial charge in [-0.3, -0.25) is 24.0 Å². The minimum atomic E-state index is -3.14. The van der Waals surface area contributed by atoms with Crippen LogP contribution in [0.2, 0.25) is 0 Å². The van der Waals surface area contributed by atoms with Crippen molar-refractivity contribution in [3.8, 4) is 0 Å². The Morgan fingerprint density at radius 3 is 1.08 bits per heavy atom. The molecular weight excluding hydrogens is 1950 g/mol. The Labute approximate surface area is 803 Å². The number of hydrogen-bond donors (Lipinski definition) is 36. The number of rotatable bonds is 38. The molecule has 63 nitrogen and oxygen atoms in total. The first-order valence-electron chi connectivity index (χ1n) is 45.1. The number of carbonyl (C=O) groups excluding carboxylic acids is 5. The van der Waals surface area contributed by atoms with Gasteiger partial charge in [0.25, 0.3) is 5.79 Å². The molecule has 0 aliphatic carbocycles. The molecule has 1 unspecified atom stereocenters. The molecule has 0 aromatic rings. The van der Waals surface area contributed by atoms with Crippen molar-refractivity contribution in [2.75, 3.05) is 66.1 Å². The molecule has 63 heteroatoms. The number of hydrogen-bond acceptors (Lipinski definition) is 57. The van der Waals surface area contributed by atoms with Crippen LogP contribution in [0.3, 0.4) is 0 Å². The highest BCUT2D eigenvalue weighted by Gasteiger charge is 2.64. The molecule has 56 atom stereocenters. The van der Waals surface area contributed by atoms with Crippen LogP contribution in [0.15, 0.2) is 0 Å². The maximum atomic E-state index is 13.4. The lowest BCUT2D eigenvalue weighted by atomic mass is 9.88. The summed E-state index contributed by atoms with van der Waals surface area (Å²) in [6.45, 7) is -6.02. The lowest BCUT2D eigenvalue weighted by molar-refractivity contribution is -0.399. The lowest BCUT2D eigenvalue weighted by Crippen LogP contribution is -2.71. The third-order valence-corrected chi connectivity index (χ3v) is 25.9. The number of aliphatic carboxylic acids is 1. The second-order valence-electron chi connectivity index (χ2n) is 36.0. The summed E-state index contributed by atoms with van der Waals surface area (Å²) in [4.78, 5) is 77.6. The number of amides is 5. The number of aliphatic hydroxyl groups excluding tert-OH is 30. The van der Waals surface area contributed by atoms with Gasteiger partial charge >= 0.3 is 5.97 Å². The Bertz CT molecular complexity index is 4010. The molecule has 142 heavy (non-hydrogen) atoms. The van der Waals surface area contributed by atoms with Gasteiger partial charge in [-0.2, -0.15) is 0 Å². The Hall–Kier alpha value is -5.22. The Balaban J connectivity index is 0.908. The van der Waals surface area contributed by atoms with Crippen molar-refractivity contribution in [3.63, 3.8) is 0 Å². The van der Waals surface area contributed by atoms with E-state index in [2.05, 4.69) is 26.6 Å². The molecule has 0 aromatic carbocycles. The fourth-order valence-corrected chi connectivity index (χ4v) is 18.3. The quantitative estimate of drug-likeness (QED) is 0.0273. The minimum absolute atomic E-state index is 0.853. The van der Waals surface area contributed by atoms with Crippen molar-refractivity contribution in [3.05, 3.63) is 0 Å². The molecule has 0 aromatic heterocycles. The van der Waals surface area contributed by atoms with Crippen LogP contribution in [0.1, 0.15) is 48.0 Å². The van der Waals surface area contributed by atoms with Crippen LogP contribution in [0.5, 0.6) is 0 Å². The minimum Gasteiger partial charge on any atom is -0.477 e.